The number of imide groups is 1. The van der Waals surface area contributed by atoms with Crippen LogP contribution >= 0.6 is 15.9 Å². The number of fused-ring (bicyclic) bond motifs is 3. The number of benzene rings is 3. The third-order valence-electron chi connectivity index (χ3n) is 7.30. The molecule has 3 atom stereocenters. The van der Waals surface area contributed by atoms with Crippen molar-refractivity contribution in [3.63, 3.8) is 0 Å². The Hall–Kier alpha value is -3.42. The van der Waals surface area contributed by atoms with Crippen LogP contribution in [-0.4, -0.2) is 29.0 Å². The number of hydrogen-bond donors (Lipinski definition) is 0. The lowest BCUT2D eigenvalue weighted by molar-refractivity contribution is -0.127. The van der Waals surface area contributed by atoms with Crippen LogP contribution in [0.3, 0.4) is 0 Å². The summed E-state index contributed by atoms with van der Waals surface area (Å²) in [7, 11) is 0. The van der Waals surface area contributed by atoms with Crippen molar-refractivity contribution in [2.24, 2.45) is 11.8 Å². The molecule has 0 bridgehead atoms. The molecule has 2 fully saturated rings. The first-order valence-corrected chi connectivity index (χ1v) is 12.3. The second kappa shape index (κ2) is 7.80. The number of ether oxygens (including phenoxy) is 1. The van der Waals surface area contributed by atoms with Gasteiger partial charge in [-0.15, -0.1) is 0 Å². The fourth-order valence-electron chi connectivity index (χ4n) is 5.64. The number of carbonyl (C=O) groups excluding carboxylic acids is 4. The molecule has 2 saturated heterocycles. The second-order valence-corrected chi connectivity index (χ2v) is 9.98. The number of ketones is 2. The number of rotatable bonds is 3. The average molecular weight is 530 g/mol. The van der Waals surface area contributed by atoms with Gasteiger partial charge in [0.1, 0.15) is 0 Å². The Balaban J connectivity index is 1.53. The van der Waals surface area contributed by atoms with Gasteiger partial charge in [0.15, 0.2) is 0 Å². The lowest BCUT2D eigenvalue weighted by atomic mass is 9.77. The van der Waals surface area contributed by atoms with Crippen molar-refractivity contribution in [3.8, 4) is 0 Å². The maximum atomic E-state index is 13.9. The lowest BCUT2D eigenvalue weighted by Gasteiger charge is -2.27. The molecule has 1 spiro atoms. The van der Waals surface area contributed by atoms with Crippen LogP contribution in [0.15, 0.2) is 77.3 Å². The van der Waals surface area contributed by atoms with Gasteiger partial charge in [-0.2, -0.15) is 0 Å². The van der Waals surface area contributed by atoms with E-state index in [1.165, 1.54) is 0 Å². The zero-order valence-electron chi connectivity index (χ0n) is 18.7. The van der Waals surface area contributed by atoms with Crippen LogP contribution < -0.4 is 4.90 Å². The summed E-state index contributed by atoms with van der Waals surface area (Å²) in [6.07, 6.45) is -0.118. The minimum absolute atomic E-state index is 0.220. The molecule has 3 aromatic carbocycles. The van der Waals surface area contributed by atoms with Crippen molar-refractivity contribution in [2.75, 3.05) is 4.90 Å². The molecule has 2 heterocycles. The van der Waals surface area contributed by atoms with E-state index in [0.717, 1.165) is 21.4 Å². The van der Waals surface area contributed by atoms with Crippen molar-refractivity contribution in [2.45, 2.75) is 25.0 Å². The van der Waals surface area contributed by atoms with E-state index < -0.39 is 46.9 Å². The number of hydrogen-bond acceptors (Lipinski definition) is 5. The fraction of sp³-hybridized carbons (Fsp3) is 0.214. The number of aryl methyl sites for hydroxylation is 1. The first-order chi connectivity index (χ1) is 16.9. The maximum Gasteiger partial charge on any atom is 0.241 e. The molecule has 0 unspecified atom stereocenters. The molecule has 2 amide bonds. The van der Waals surface area contributed by atoms with Gasteiger partial charge in [-0.25, -0.2) is 4.90 Å². The molecule has 3 aliphatic rings. The Morgan fingerprint density at radius 2 is 1.51 bits per heavy atom. The number of anilines is 1. The van der Waals surface area contributed by atoms with Crippen molar-refractivity contribution >= 4 is 45.0 Å². The van der Waals surface area contributed by atoms with Gasteiger partial charge in [-0.1, -0.05) is 71.4 Å². The smallest absolute Gasteiger partial charge is 0.241 e. The second-order valence-electron chi connectivity index (χ2n) is 9.07. The van der Waals surface area contributed by atoms with Gasteiger partial charge in [0.25, 0.3) is 0 Å². The maximum absolute atomic E-state index is 13.9. The number of nitrogens with zero attached hydrogens (tertiary/aromatic N) is 1. The molecule has 0 radical (unpaired) electrons. The monoisotopic (exact) mass is 529 g/mol. The average Bonchev–Trinajstić information content (AvgIpc) is 3.44. The molecule has 6 rings (SSSR count). The fourth-order valence-corrected chi connectivity index (χ4v) is 6.05. The van der Waals surface area contributed by atoms with E-state index >= 15 is 0 Å². The van der Waals surface area contributed by atoms with E-state index in [1.54, 1.807) is 54.6 Å². The van der Waals surface area contributed by atoms with E-state index in [-0.39, 0.29) is 11.1 Å². The van der Waals surface area contributed by atoms with Gasteiger partial charge in [0.2, 0.25) is 29.0 Å². The molecule has 35 heavy (non-hydrogen) atoms. The predicted molar refractivity (Wildman–Crippen MR) is 131 cm³/mol. The highest BCUT2D eigenvalue weighted by Gasteiger charge is 2.74. The molecular weight excluding hydrogens is 510 g/mol. The van der Waals surface area contributed by atoms with E-state index in [0.29, 0.717) is 11.3 Å². The van der Waals surface area contributed by atoms with Gasteiger partial charge in [-0.05, 0) is 41.8 Å². The molecule has 7 heteroatoms. The van der Waals surface area contributed by atoms with E-state index in [4.69, 9.17) is 4.74 Å². The third kappa shape index (κ3) is 2.91. The number of carbonyl (C=O) groups is 4. The first kappa shape index (κ1) is 22.1. The van der Waals surface area contributed by atoms with Gasteiger partial charge in [-0.3, -0.25) is 19.2 Å². The summed E-state index contributed by atoms with van der Waals surface area (Å²) in [5.41, 5.74) is 0.481. The summed E-state index contributed by atoms with van der Waals surface area (Å²) in [5.74, 6) is -4.44. The highest BCUT2D eigenvalue weighted by Crippen LogP contribution is 2.57. The van der Waals surface area contributed by atoms with Crippen LogP contribution in [0.5, 0.6) is 0 Å². The Morgan fingerprint density at radius 3 is 2.11 bits per heavy atom. The molecule has 0 saturated carbocycles. The Morgan fingerprint density at radius 1 is 0.857 bits per heavy atom. The van der Waals surface area contributed by atoms with Crippen LogP contribution in [0, 0.1) is 11.8 Å². The molecule has 2 aliphatic heterocycles. The van der Waals surface area contributed by atoms with Gasteiger partial charge in [0, 0.05) is 15.6 Å². The van der Waals surface area contributed by atoms with E-state index in [9.17, 15) is 19.2 Å². The number of halogens is 1. The van der Waals surface area contributed by atoms with Crippen LogP contribution in [0.1, 0.15) is 44.9 Å². The quantitative estimate of drug-likeness (QED) is 0.362. The third-order valence-corrected chi connectivity index (χ3v) is 7.79. The highest BCUT2D eigenvalue weighted by atomic mass is 79.9. The van der Waals surface area contributed by atoms with E-state index in [1.807, 2.05) is 25.1 Å². The summed E-state index contributed by atoms with van der Waals surface area (Å²) >= 11 is 3.44. The Kier molecular flexibility index (Phi) is 4.92. The SMILES string of the molecule is CCc1ccc(N2C(=O)[C@@H]3[C@@H](c4cccc(Br)c4)OC4(C(=O)c5ccccc5C4=O)[C@@H]3C2=O)cc1. The molecule has 6 nitrogen and oxygen atoms in total. The standard InChI is InChI=1S/C28H20BrNO5/c1-2-15-10-12-18(13-11-15)30-26(33)21-22(27(30)34)28(35-23(21)16-6-5-7-17(29)14-16)24(31)19-8-3-4-9-20(19)25(28)32/h3-14,21-23H,2H2,1H3/t21-,22-,23+/m0/s1. The highest BCUT2D eigenvalue weighted by molar-refractivity contribution is 9.10. The van der Waals surface area contributed by atoms with Crippen molar-refractivity contribution in [1.29, 1.82) is 0 Å². The predicted octanol–water partition coefficient (Wildman–Crippen LogP) is 4.71. The van der Waals surface area contributed by atoms with Crippen LogP contribution in [-0.2, 0) is 20.7 Å². The molecule has 174 valence electrons. The molecule has 1 aliphatic carbocycles. The molecule has 0 N–H and O–H groups in total. The van der Waals surface area contributed by atoms with Gasteiger partial charge in [0.05, 0.1) is 23.6 Å². The summed E-state index contributed by atoms with van der Waals surface area (Å²) < 4.78 is 7.06. The van der Waals surface area contributed by atoms with E-state index in [2.05, 4.69) is 15.9 Å². The Bertz CT molecular complexity index is 1390. The largest absolute Gasteiger partial charge is 0.349 e. The Labute approximate surface area is 210 Å². The molecule has 0 aromatic heterocycles. The van der Waals surface area contributed by atoms with Gasteiger partial charge < -0.3 is 4.74 Å². The zero-order valence-corrected chi connectivity index (χ0v) is 20.3. The van der Waals surface area contributed by atoms with Crippen LogP contribution in [0.4, 0.5) is 5.69 Å². The van der Waals surface area contributed by atoms with Crippen molar-refractivity contribution in [1.82, 2.24) is 0 Å². The van der Waals surface area contributed by atoms with Crippen molar-refractivity contribution < 1.29 is 23.9 Å². The molecule has 3 aromatic rings. The summed E-state index contributed by atoms with van der Waals surface area (Å²) in [6, 6.07) is 20.8. The lowest BCUT2D eigenvalue weighted by Crippen LogP contribution is -2.51. The minimum atomic E-state index is -2.06. The minimum Gasteiger partial charge on any atom is -0.349 e. The normalized spacial score (nSPS) is 24.4. The summed E-state index contributed by atoms with van der Waals surface area (Å²) in [6.45, 7) is 2.02. The first-order valence-electron chi connectivity index (χ1n) is 11.5. The molecular formula is C28H20BrNO5. The topological polar surface area (TPSA) is 80.8 Å². The van der Waals surface area contributed by atoms with Crippen molar-refractivity contribution in [3.05, 3.63) is 99.5 Å². The summed E-state index contributed by atoms with van der Waals surface area (Å²) in [5, 5.41) is 0. The van der Waals surface area contributed by atoms with Crippen LogP contribution in [0.25, 0.3) is 0 Å². The number of amides is 2. The van der Waals surface area contributed by atoms with Gasteiger partial charge >= 0.3 is 0 Å². The zero-order chi connectivity index (χ0) is 24.5. The van der Waals surface area contributed by atoms with Crippen LogP contribution in [0.2, 0.25) is 0 Å². The number of Topliss-reactive ketones (excluding diaryl/α,β-unsaturated/α-hetero) is 2. The summed E-state index contributed by atoms with van der Waals surface area (Å²) in [4.78, 5) is 56.4.